The summed E-state index contributed by atoms with van der Waals surface area (Å²) in [6.07, 6.45) is 3.72. The lowest BCUT2D eigenvalue weighted by atomic mass is 10.1. The summed E-state index contributed by atoms with van der Waals surface area (Å²) in [5.74, 6) is 0. The minimum atomic E-state index is 1.16. The second-order valence-electron chi connectivity index (χ2n) is 3.67. The normalized spacial score (nSPS) is 10.5. The van der Waals surface area contributed by atoms with Crippen LogP contribution >= 0.6 is 0 Å². The summed E-state index contributed by atoms with van der Waals surface area (Å²) < 4.78 is 2.09. The lowest BCUT2D eigenvalue weighted by Gasteiger charge is -2.07. The zero-order valence-corrected chi connectivity index (χ0v) is 8.78. The van der Waals surface area contributed by atoms with Crippen molar-refractivity contribution in [3.63, 3.8) is 0 Å². The molecule has 0 N–H and O–H groups in total. The maximum absolute atomic E-state index is 4.11. The molecule has 0 fully saturated rings. The Balaban J connectivity index is 2.53. The molecule has 2 aromatic rings. The smallest absolute Gasteiger partial charge is 0.0994 e. The molecule has 0 radical (unpaired) electrons. The van der Waals surface area contributed by atoms with Crippen LogP contribution in [0, 0.1) is 20.8 Å². The second-order valence-corrected chi connectivity index (χ2v) is 3.67. The highest BCUT2D eigenvalue weighted by molar-refractivity contribution is 5.40. The molecule has 0 aliphatic heterocycles. The largest absolute Gasteiger partial charge is 0.304 e. The van der Waals surface area contributed by atoms with Crippen molar-refractivity contribution in [2.24, 2.45) is 0 Å². The third-order valence-electron chi connectivity index (χ3n) is 2.59. The van der Waals surface area contributed by atoms with Gasteiger partial charge >= 0.3 is 0 Å². The van der Waals surface area contributed by atoms with Crippen LogP contribution in [0.2, 0.25) is 0 Å². The number of aromatic nitrogens is 2. The Kier molecular flexibility index (Phi) is 2.12. The first-order valence-corrected chi connectivity index (χ1v) is 4.75. The van der Waals surface area contributed by atoms with Crippen molar-refractivity contribution in [3.8, 4) is 5.69 Å². The topological polar surface area (TPSA) is 17.8 Å². The van der Waals surface area contributed by atoms with Crippen LogP contribution in [-0.2, 0) is 0 Å². The van der Waals surface area contributed by atoms with Gasteiger partial charge in [0, 0.05) is 17.6 Å². The molecule has 14 heavy (non-hydrogen) atoms. The molecule has 2 nitrogen and oxygen atoms in total. The molecule has 2 rings (SSSR count). The van der Waals surface area contributed by atoms with Crippen molar-refractivity contribution in [1.82, 2.24) is 9.55 Å². The Bertz CT molecular complexity index is 455. The van der Waals surface area contributed by atoms with Crippen LogP contribution in [0.25, 0.3) is 5.69 Å². The summed E-state index contributed by atoms with van der Waals surface area (Å²) in [5, 5.41) is 0. The fourth-order valence-corrected chi connectivity index (χ4v) is 1.51. The summed E-state index contributed by atoms with van der Waals surface area (Å²) in [6.45, 7) is 6.31. The molecule has 0 saturated heterocycles. The molecule has 0 amide bonds. The van der Waals surface area contributed by atoms with Gasteiger partial charge in [0.25, 0.3) is 0 Å². The molecule has 1 heterocycles. The van der Waals surface area contributed by atoms with E-state index in [0.29, 0.717) is 0 Å². The fraction of sp³-hybridized carbons (Fsp3) is 0.250. The van der Waals surface area contributed by atoms with Crippen molar-refractivity contribution in [3.05, 3.63) is 47.5 Å². The Hall–Kier alpha value is -1.57. The van der Waals surface area contributed by atoms with E-state index in [9.17, 15) is 0 Å². The molecule has 0 atom stereocenters. The van der Waals surface area contributed by atoms with Gasteiger partial charge in [-0.15, -0.1) is 0 Å². The van der Waals surface area contributed by atoms with Gasteiger partial charge in [-0.25, -0.2) is 4.98 Å². The minimum Gasteiger partial charge on any atom is -0.304 e. The van der Waals surface area contributed by atoms with Crippen LogP contribution in [-0.4, -0.2) is 9.55 Å². The predicted molar refractivity (Wildman–Crippen MR) is 57.8 cm³/mol. The van der Waals surface area contributed by atoms with E-state index in [1.807, 2.05) is 12.5 Å². The van der Waals surface area contributed by atoms with Gasteiger partial charge in [0.15, 0.2) is 0 Å². The van der Waals surface area contributed by atoms with Crippen LogP contribution in [0.15, 0.2) is 30.7 Å². The standard InChI is InChI=1S/C12H14N2/c1-9-4-5-12(6-10(9)2)14-8-13-7-11(14)3/h4-8H,1-3H3. The molecule has 0 bridgehead atoms. The zero-order valence-electron chi connectivity index (χ0n) is 8.78. The number of rotatable bonds is 1. The Morgan fingerprint density at radius 3 is 2.43 bits per heavy atom. The molecule has 0 aliphatic rings. The number of nitrogens with zero attached hydrogens (tertiary/aromatic N) is 2. The number of imidazole rings is 1. The molecule has 1 aromatic carbocycles. The predicted octanol–water partition coefficient (Wildman–Crippen LogP) is 2.80. The van der Waals surface area contributed by atoms with Gasteiger partial charge in [-0.3, -0.25) is 0 Å². The SMILES string of the molecule is Cc1ccc(-n2cncc2C)cc1C. The van der Waals surface area contributed by atoms with Crippen LogP contribution < -0.4 is 0 Å². The van der Waals surface area contributed by atoms with Crippen LogP contribution in [0.4, 0.5) is 0 Å². The van der Waals surface area contributed by atoms with E-state index in [-0.39, 0.29) is 0 Å². The maximum atomic E-state index is 4.11. The van der Waals surface area contributed by atoms with Gasteiger partial charge < -0.3 is 4.57 Å². The highest BCUT2D eigenvalue weighted by atomic mass is 15.0. The summed E-state index contributed by atoms with van der Waals surface area (Å²) in [4.78, 5) is 4.11. The van der Waals surface area contributed by atoms with Gasteiger partial charge in [-0.2, -0.15) is 0 Å². The van der Waals surface area contributed by atoms with Gasteiger partial charge in [0.05, 0.1) is 6.33 Å². The molecule has 72 valence electrons. The van der Waals surface area contributed by atoms with Gasteiger partial charge in [-0.1, -0.05) is 6.07 Å². The highest BCUT2D eigenvalue weighted by Gasteiger charge is 2.00. The maximum Gasteiger partial charge on any atom is 0.0994 e. The van der Waals surface area contributed by atoms with Crippen molar-refractivity contribution in [1.29, 1.82) is 0 Å². The van der Waals surface area contributed by atoms with E-state index < -0.39 is 0 Å². The van der Waals surface area contributed by atoms with Gasteiger partial charge in [0.1, 0.15) is 0 Å². The van der Waals surface area contributed by atoms with E-state index in [0.717, 1.165) is 5.69 Å². The summed E-state index contributed by atoms with van der Waals surface area (Å²) >= 11 is 0. The molecule has 0 unspecified atom stereocenters. The van der Waals surface area contributed by atoms with Crippen molar-refractivity contribution in [2.75, 3.05) is 0 Å². The molecule has 2 heteroatoms. The highest BCUT2D eigenvalue weighted by Crippen LogP contribution is 2.15. The number of aryl methyl sites for hydroxylation is 3. The summed E-state index contributed by atoms with van der Waals surface area (Å²) in [5.41, 5.74) is 4.98. The molecular weight excluding hydrogens is 172 g/mol. The summed E-state index contributed by atoms with van der Waals surface area (Å²) in [7, 11) is 0. The molecule has 0 spiro atoms. The molecule has 0 aliphatic carbocycles. The van der Waals surface area contributed by atoms with Crippen LogP contribution in [0.3, 0.4) is 0 Å². The monoisotopic (exact) mass is 186 g/mol. The lowest BCUT2D eigenvalue weighted by Crippen LogP contribution is -1.95. The quantitative estimate of drug-likeness (QED) is 0.669. The number of benzene rings is 1. The van der Waals surface area contributed by atoms with E-state index in [1.54, 1.807) is 0 Å². The van der Waals surface area contributed by atoms with Crippen molar-refractivity contribution < 1.29 is 0 Å². The Morgan fingerprint density at radius 1 is 1.07 bits per heavy atom. The van der Waals surface area contributed by atoms with E-state index in [2.05, 4.69) is 48.5 Å². The second kappa shape index (κ2) is 3.29. The summed E-state index contributed by atoms with van der Waals surface area (Å²) in [6, 6.07) is 6.45. The third-order valence-corrected chi connectivity index (χ3v) is 2.59. The van der Waals surface area contributed by atoms with Crippen molar-refractivity contribution in [2.45, 2.75) is 20.8 Å². The Labute approximate surface area is 84.2 Å². The first kappa shape index (κ1) is 9.00. The molecule has 1 aromatic heterocycles. The average Bonchev–Trinajstić information content (AvgIpc) is 2.57. The van der Waals surface area contributed by atoms with E-state index >= 15 is 0 Å². The van der Waals surface area contributed by atoms with Crippen molar-refractivity contribution >= 4 is 0 Å². The molecule has 0 saturated carbocycles. The minimum absolute atomic E-state index is 1.16. The first-order chi connectivity index (χ1) is 6.68. The third kappa shape index (κ3) is 1.43. The van der Waals surface area contributed by atoms with Gasteiger partial charge in [-0.05, 0) is 44.0 Å². The van der Waals surface area contributed by atoms with Crippen LogP contribution in [0.1, 0.15) is 16.8 Å². The lowest BCUT2D eigenvalue weighted by molar-refractivity contribution is 1.000. The fourth-order valence-electron chi connectivity index (χ4n) is 1.51. The van der Waals surface area contributed by atoms with E-state index in [4.69, 9.17) is 0 Å². The van der Waals surface area contributed by atoms with Gasteiger partial charge in [0.2, 0.25) is 0 Å². The number of hydrogen-bond acceptors (Lipinski definition) is 1. The zero-order chi connectivity index (χ0) is 10.1. The Morgan fingerprint density at radius 2 is 1.86 bits per heavy atom. The van der Waals surface area contributed by atoms with Crippen LogP contribution in [0.5, 0.6) is 0 Å². The molecular formula is C12H14N2. The number of hydrogen-bond donors (Lipinski definition) is 0. The van der Waals surface area contributed by atoms with E-state index in [1.165, 1.54) is 16.8 Å². The first-order valence-electron chi connectivity index (χ1n) is 4.75. The average molecular weight is 186 g/mol.